The molecule has 1 amide bonds. The molecule has 1 fully saturated rings. The van der Waals surface area contributed by atoms with Crippen molar-refractivity contribution in [2.75, 3.05) is 19.0 Å². The first-order chi connectivity index (χ1) is 16.7. The topological polar surface area (TPSA) is 78.3 Å². The van der Waals surface area contributed by atoms with Crippen LogP contribution in [0.3, 0.4) is 0 Å². The highest BCUT2D eigenvalue weighted by atomic mass is 32.1. The number of ether oxygens (including phenoxy) is 2. The summed E-state index contributed by atoms with van der Waals surface area (Å²) in [4.78, 5) is 21.4. The Kier molecular flexibility index (Phi) is 6.37. The fourth-order valence-electron chi connectivity index (χ4n) is 4.01. The number of hydrogen-bond acceptors (Lipinski definition) is 6. The summed E-state index contributed by atoms with van der Waals surface area (Å²) < 4.78 is 28.1. The van der Waals surface area contributed by atoms with Crippen LogP contribution in [0.15, 0.2) is 36.0 Å². The van der Waals surface area contributed by atoms with Crippen molar-refractivity contribution in [2.24, 2.45) is 5.92 Å². The summed E-state index contributed by atoms with van der Waals surface area (Å²) in [6, 6.07) is 8.78. The first-order valence-corrected chi connectivity index (χ1v) is 16.3. The van der Waals surface area contributed by atoms with E-state index in [1.54, 1.807) is 24.5 Å². The van der Waals surface area contributed by atoms with Crippen LogP contribution in [-0.4, -0.2) is 48.4 Å². The molecule has 7 nitrogen and oxygen atoms in total. The van der Waals surface area contributed by atoms with Gasteiger partial charge in [0.2, 0.25) is 5.91 Å². The van der Waals surface area contributed by atoms with Gasteiger partial charge in [-0.05, 0) is 30.7 Å². The highest BCUT2D eigenvalue weighted by Gasteiger charge is 2.43. The second-order valence-electron chi connectivity index (χ2n) is 10.1. The van der Waals surface area contributed by atoms with Crippen molar-refractivity contribution in [3.8, 4) is 16.9 Å². The summed E-state index contributed by atoms with van der Waals surface area (Å²) in [5.74, 6) is 0.225. The quantitative estimate of drug-likeness (QED) is 0.222. The molecule has 1 saturated carbocycles. The van der Waals surface area contributed by atoms with Gasteiger partial charge in [-0.2, -0.15) is 0 Å². The molecule has 1 N–H and O–H groups in total. The summed E-state index contributed by atoms with van der Waals surface area (Å²) in [7, 11) is 0.435. The molecule has 3 aromatic heterocycles. The molecule has 0 spiro atoms. The summed E-state index contributed by atoms with van der Waals surface area (Å²) >= 11 is 1.58. The van der Waals surface area contributed by atoms with Gasteiger partial charge in [-0.15, -0.1) is 11.3 Å². The summed E-state index contributed by atoms with van der Waals surface area (Å²) in [5, 5.41) is 3.67. The first kappa shape index (κ1) is 23.9. The van der Waals surface area contributed by atoms with E-state index in [1.807, 2.05) is 28.4 Å². The Morgan fingerprint density at radius 2 is 2.09 bits per heavy atom. The van der Waals surface area contributed by atoms with Gasteiger partial charge in [0.15, 0.2) is 0 Å². The number of thiazole rings is 1. The number of fused-ring (bicyclic) bond motifs is 2. The molecule has 1 aliphatic rings. The Hall–Kier alpha value is -2.82. The van der Waals surface area contributed by atoms with Crippen molar-refractivity contribution in [1.82, 2.24) is 14.5 Å². The zero-order valence-electron chi connectivity index (χ0n) is 20.3. The lowest BCUT2D eigenvalue weighted by Crippen LogP contribution is -2.22. The SMILES string of the molecule is COc1cc2ncsc2cc1-c1cn(COCC[Si](C)(C)C)c2nc(NC(=O)[C@@H]3C[C@@H]3F)ccc12. The average Bonchev–Trinajstić information content (AvgIpc) is 3.22. The van der Waals surface area contributed by atoms with E-state index in [0.29, 0.717) is 24.8 Å². The van der Waals surface area contributed by atoms with Gasteiger partial charge < -0.3 is 19.4 Å². The van der Waals surface area contributed by atoms with Crippen molar-refractivity contribution in [1.29, 1.82) is 0 Å². The number of carbonyl (C=O) groups is 1. The summed E-state index contributed by atoms with van der Waals surface area (Å²) in [6.45, 7) is 7.97. The van der Waals surface area contributed by atoms with Crippen LogP contribution < -0.4 is 10.1 Å². The number of nitrogens with zero attached hydrogens (tertiary/aromatic N) is 3. The van der Waals surface area contributed by atoms with Crippen LogP contribution in [0.2, 0.25) is 25.7 Å². The van der Waals surface area contributed by atoms with E-state index in [2.05, 4.69) is 36.0 Å². The predicted molar refractivity (Wildman–Crippen MR) is 141 cm³/mol. The number of benzene rings is 1. The van der Waals surface area contributed by atoms with Crippen LogP contribution in [0.5, 0.6) is 5.75 Å². The van der Waals surface area contributed by atoms with Crippen molar-refractivity contribution >= 4 is 52.4 Å². The Morgan fingerprint density at radius 1 is 1.29 bits per heavy atom. The van der Waals surface area contributed by atoms with Crippen molar-refractivity contribution in [3.05, 3.63) is 36.0 Å². The zero-order chi connectivity index (χ0) is 24.7. The lowest BCUT2D eigenvalue weighted by Gasteiger charge is -2.15. The zero-order valence-corrected chi connectivity index (χ0v) is 22.1. The van der Waals surface area contributed by atoms with E-state index < -0.39 is 20.2 Å². The number of hydrogen-bond donors (Lipinski definition) is 1. The number of alkyl halides is 1. The second kappa shape index (κ2) is 9.33. The number of nitrogens with one attached hydrogen (secondary N) is 1. The van der Waals surface area contributed by atoms with Crippen molar-refractivity contribution < 1.29 is 18.7 Å². The first-order valence-electron chi connectivity index (χ1n) is 11.7. The third kappa shape index (κ3) is 5.09. The monoisotopic (exact) mass is 512 g/mol. The van der Waals surface area contributed by atoms with Gasteiger partial charge in [0, 0.05) is 43.5 Å². The Bertz CT molecular complexity index is 1400. The molecule has 1 aromatic carbocycles. The van der Waals surface area contributed by atoms with E-state index in [4.69, 9.17) is 14.5 Å². The lowest BCUT2D eigenvalue weighted by molar-refractivity contribution is -0.117. The highest BCUT2D eigenvalue weighted by Crippen LogP contribution is 2.40. The molecule has 3 heterocycles. The number of anilines is 1. The molecule has 5 rings (SSSR count). The minimum absolute atomic E-state index is 0.277. The molecule has 4 aromatic rings. The maximum Gasteiger partial charge on any atom is 0.231 e. The molecule has 10 heteroatoms. The van der Waals surface area contributed by atoms with E-state index in [0.717, 1.165) is 38.5 Å². The largest absolute Gasteiger partial charge is 0.496 e. The third-order valence-corrected chi connectivity index (χ3v) is 8.69. The molecule has 1 aliphatic carbocycles. The minimum atomic E-state index is -1.22. The van der Waals surface area contributed by atoms with Gasteiger partial charge in [-0.25, -0.2) is 14.4 Å². The maximum absolute atomic E-state index is 13.3. The molecule has 35 heavy (non-hydrogen) atoms. The van der Waals surface area contributed by atoms with Crippen LogP contribution in [0.1, 0.15) is 6.42 Å². The Morgan fingerprint density at radius 3 is 2.80 bits per heavy atom. The number of carbonyl (C=O) groups excluding carboxylic acids is 1. The summed E-state index contributed by atoms with van der Waals surface area (Å²) in [5.41, 5.74) is 5.29. The Balaban J connectivity index is 1.53. The van der Waals surface area contributed by atoms with E-state index in [9.17, 15) is 9.18 Å². The van der Waals surface area contributed by atoms with Crippen LogP contribution in [0.25, 0.3) is 32.4 Å². The predicted octanol–water partition coefficient (Wildman–Crippen LogP) is 5.93. The van der Waals surface area contributed by atoms with E-state index in [1.165, 1.54) is 0 Å². The molecule has 0 aliphatic heterocycles. The molecule has 184 valence electrons. The standard InChI is InChI=1S/C25H29FN4O3SSi/c1-32-21-11-20-22(34-13-27-20)10-16(21)18-12-30(14-33-7-8-35(2,3)4)24-15(18)5-6-23(28-24)29-25(31)17-9-19(17)26/h5-6,10-13,17,19H,7-9,14H2,1-4H3,(H,28,29,31)/t17-,19+/m1/s1. The van der Waals surface area contributed by atoms with Gasteiger partial charge in [0.25, 0.3) is 0 Å². The fraction of sp³-hybridized carbons (Fsp3) is 0.400. The van der Waals surface area contributed by atoms with Crippen LogP contribution in [0.4, 0.5) is 10.2 Å². The number of aromatic nitrogens is 3. The average molecular weight is 513 g/mol. The van der Waals surface area contributed by atoms with Gasteiger partial charge in [-0.3, -0.25) is 4.79 Å². The highest BCUT2D eigenvalue weighted by molar-refractivity contribution is 7.16. The van der Waals surface area contributed by atoms with Crippen LogP contribution in [-0.2, 0) is 16.3 Å². The molecule has 2 atom stereocenters. The van der Waals surface area contributed by atoms with Gasteiger partial charge in [0.05, 0.1) is 28.8 Å². The number of halogens is 1. The number of rotatable bonds is 9. The van der Waals surface area contributed by atoms with Crippen LogP contribution >= 0.6 is 11.3 Å². The number of amides is 1. The Labute approximate surface area is 208 Å². The van der Waals surface area contributed by atoms with Gasteiger partial charge in [-0.1, -0.05) is 19.6 Å². The normalized spacial score (nSPS) is 17.7. The smallest absolute Gasteiger partial charge is 0.231 e. The van der Waals surface area contributed by atoms with Gasteiger partial charge in [0.1, 0.15) is 30.1 Å². The molecule has 0 radical (unpaired) electrons. The fourth-order valence-corrected chi connectivity index (χ4v) is 5.46. The van der Waals surface area contributed by atoms with Crippen molar-refractivity contribution in [3.63, 3.8) is 0 Å². The molecule has 0 bridgehead atoms. The number of methoxy groups -OCH3 is 1. The maximum atomic E-state index is 13.3. The van der Waals surface area contributed by atoms with E-state index in [-0.39, 0.29) is 12.3 Å². The molecular formula is C25H29FN4O3SSi. The van der Waals surface area contributed by atoms with Gasteiger partial charge >= 0.3 is 0 Å². The molecule has 0 unspecified atom stereocenters. The third-order valence-electron chi connectivity index (χ3n) is 6.19. The summed E-state index contributed by atoms with van der Waals surface area (Å²) in [6.07, 6.45) is 1.24. The molecular weight excluding hydrogens is 483 g/mol. The second-order valence-corrected chi connectivity index (χ2v) is 16.7. The number of pyridine rings is 1. The minimum Gasteiger partial charge on any atom is -0.496 e. The lowest BCUT2D eigenvalue weighted by atomic mass is 10.0. The molecule has 0 saturated heterocycles. The van der Waals surface area contributed by atoms with Crippen LogP contribution in [0, 0.1) is 5.92 Å². The van der Waals surface area contributed by atoms with E-state index >= 15 is 0 Å². The van der Waals surface area contributed by atoms with Crippen molar-refractivity contribution in [2.45, 2.75) is 45.0 Å².